The summed E-state index contributed by atoms with van der Waals surface area (Å²) in [4.78, 5) is 35.9. The molecule has 0 aromatic heterocycles. The second kappa shape index (κ2) is 9.43. The zero-order chi connectivity index (χ0) is 21.7. The standard InChI is InChI=1S/C22H16Cl2N2O4/c1-13(27)30-20-11-10-16(12-18(20)14-6-8-15(23)9-7-14)25-22(29)26-21(28)17-4-2-3-5-19(17)24/h2-12H,1H3,(H2,25,26,28,29). The highest BCUT2D eigenvalue weighted by atomic mass is 35.5. The number of nitrogens with one attached hydrogen (secondary N) is 2. The van der Waals surface area contributed by atoms with Crippen molar-refractivity contribution in [1.29, 1.82) is 0 Å². The SMILES string of the molecule is CC(=O)Oc1ccc(NC(=O)NC(=O)c2ccccc2Cl)cc1-c1ccc(Cl)cc1. The molecule has 3 aromatic carbocycles. The van der Waals surface area contributed by atoms with Crippen molar-refractivity contribution in [2.45, 2.75) is 6.92 Å². The van der Waals surface area contributed by atoms with Crippen LogP contribution in [0.1, 0.15) is 17.3 Å². The van der Waals surface area contributed by atoms with Crippen LogP contribution in [0.3, 0.4) is 0 Å². The lowest BCUT2D eigenvalue weighted by molar-refractivity contribution is -0.131. The number of hydrogen-bond acceptors (Lipinski definition) is 4. The lowest BCUT2D eigenvalue weighted by Crippen LogP contribution is -2.34. The van der Waals surface area contributed by atoms with Gasteiger partial charge in [-0.3, -0.25) is 14.9 Å². The minimum atomic E-state index is -0.734. The average Bonchev–Trinajstić information content (AvgIpc) is 2.69. The third-order valence-corrected chi connectivity index (χ3v) is 4.57. The topological polar surface area (TPSA) is 84.5 Å². The normalized spacial score (nSPS) is 10.2. The number of benzene rings is 3. The maximum Gasteiger partial charge on any atom is 0.326 e. The zero-order valence-corrected chi connectivity index (χ0v) is 17.3. The fourth-order valence-electron chi connectivity index (χ4n) is 2.68. The Kier molecular flexibility index (Phi) is 6.72. The maximum absolute atomic E-state index is 12.3. The minimum absolute atomic E-state index is 0.182. The molecular weight excluding hydrogens is 427 g/mol. The first-order valence-corrected chi connectivity index (χ1v) is 9.54. The van der Waals surface area contributed by atoms with E-state index in [1.807, 2.05) is 0 Å². The van der Waals surface area contributed by atoms with Gasteiger partial charge < -0.3 is 10.1 Å². The maximum atomic E-state index is 12.3. The van der Waals surface area contributed by atoms with Gasteiger partial charge in [0.05, 0.1) is 10.6 Å². The Labute approximate surface area is 182 Å². The second-order valence-electron chi connectivity index (χ2n) is 6.20. The first-order chi connectivity index (χ1) is 14.3. The van der Waals surface area contributed by atoms with E-state index in [9.17, 15) is 14.4 Å². The van der Waals surface area contributed by atoms with Crippen molar-refractivity contribution in [2.24, 2.45) is 0 Å². The highest BCUT2D eigenvalue weighted by Crippen LogP contribution is 2.33. The third kappa shape index (κ3) is 5.37. The molecule has 0 saturated carbocycles. The van der Waals surface area contributed by atoms with Crippen LogP contribution in [0.25, 0.3) is 11.1 Å². The van der Waals surface area contributed by atoms with Crippen LogP contribution in [-0.4, -0.2) is 17.9 Å². The van der Waals surface area contributed by atoms with Gasteiger partial charge in [0.15, 0.2) is 0 Å². The molecule has 30 heavy (non-hydrogen) atoms. The van der Waals surface area contributed by atoms with E-state index in [4.69, 9.17) is 27.9 Å². The summed E-state index contributed by atoms with van der Waals surface area (Å²) in [5, 5.41) is 5.60. The molecular formula is C22H16Cl2N2O4. The van der Waals surface area contributed by atoms with Gasteiger partial charge in [0.2, 0.25) is 0 Å². The molecule has 8 heteroatoms. The van der Waals surface area contributed by atoms with E-state index in [2.05, 4.69) is 10.6 Å². The Morgan fingerprint density at radius 2 is 1.60 bits per heavy atom. The van der Waals surface area contributed by atoms with Gasteiger partial charge in [-0.15, -0.1) is 0 Å². The van der Waals surface area contributed by atoms with Gasteiger partial charge in [-0.25, -0.2) is 4.79 Å². The largest absolute Gasteiger partial charge is 0.426 e. The number of amides is 3. The summed E-state index contributed by atoms with van der Waals surface area (Å²) in [6.45, 7) is 1.30. The summed E-state index contributed by atoms with van der Waals surface area (Å²) >= 11 is 11.9. The zero-order valence-electron chi connectivity index (χ0n) is 15.7. The molecule has 152 valence electrons. The van der Waals surface area contributed by atoms with Gasteiger partial charge in [-0.2, -0.15) is 0 Å². The van der Waals surface area contributed by atoms with Crippen LogP contribution in [0.15, 0.2) is 66.7 Å². The lowest BCUT2D eigenvalue weighted by atomic mass is 10.0. The molecule has 3 amide bonds. The van der Waals surface area contributed by atoms with Gasteiger partial charge in [0, 0.05) is 23.2 Å². The van der Waals surface area contributed by atoms with Gasteiger partial charge in [0.25, 0.3) is 5.91 Å². The van der Waals surface area contributed by atoms with E-state index in [0.717, 1.165) is 5.56 Å². The van der Waals surface area contributed by atoms with E-state index in [1.54, 1.807) is 60.7 Å². The molecule has 0 unspecified atom stereocenters. The quantitative estimate of drug-likeness (QED) is 0.409. The van der Waals surface area contributed by atoms with E-state index >= 15 is 0 Å². The molecule has 0 fully saturated rings. The summed E-state index contributed by atoms with van der Waals surface area (Å²) in [7, 11) is 0. The van der Waals surface area contributed by atoms with Crippen molar-refractivity contribution in [1.82, 2.24) is 5.32 Å². The second-order valence-corrected chi connectivity index (χ2v) is 7.04. The number of esters is 1. The van der Waals surface area contributed by atoms with Crippen molar-refractivity contribution in [2.75, 3.05) is 5.32 Å². The van der Waals surface area contributed by atoms with E-state index in [1.165, 1.54) is 13.0 Å². The summed E-state index contributed by atoms with van der Waals surface area (Å²) in [5.74, 6) is -0.788. The van der Waals surface area contributed by atoms with Crippen LogP contribution in [-0.2, 0) is 4.79 Å². The number of hydrogen-bond donors (Lipinski definition) is 2. The summed E-state index contributed by atoms with van der Waals surface area (Å²) < 4.78 is 5.26. The molecule has 3 aromatic rings. The van der Waals surface area contributed by atoms with E-state index in [0.29, 0.717) is 22.0 Å². The van der Waals surface area contributed by atoms with Crippen LogP contribution in [0.4, 0.5) is 10.5 Å². The number of carbonyl (C=O) groups excluding carboxylic acids is 3. The predicted octanol–water partition coefficient (Wildman–Crippen LogP) is 5.55. The van der Waals surface area contributed by atoms with Gasteiger partial charge in [-0.1, -0.05) is 47.5 Å². The number of anilines is 1. The third-order valence-electron chi connectivity index (χ3n) is 3.99. The molecule has 0 aliphatic rings. The molecule has 0 aliphatic heterocycles. The molecule has 0 spiro atoms. The summed E-state index contributed by atoms with van der Waals surface area (Å²) in [6, 6.07) is 17.3. The Balaban J connectivity index is 1.82. The predicted molar refractivity (Wildman–Crippen MR) is 116 cm³/mol. The molecule has 3 rings (SSSR count). The van der Waals surface area contributed by atoms with Crippen molar-refractivity contribution < 1.29 is 19.1 Å². The Morgan fingerprint density at radius 3 is 2.27 bits per heavy atom. The molecule has 0 atom stereocenters. The van der Waals surface area contributed by atoms with Crippen LogP contribution < -0.4 is 15.4 Å². The van der Waals surface area contributed by atoms with Crippen LogP contribution >= 0.6 is 23.2 Å². The lowest BCUT2D eigenvalue weighted by Gasteiger charge is -2.13. The highest BCUT2D eigenvalue weighted by Gasteiger charge is 2.15. The first-order valence-electron chi connectivity index (χ1n) is 8.79. The Hall–Kier alpha value is -3.35. The number of rotatable bonds is 4. The van der Waals surface area contributed by atoms with Crippen molar-refractivity contribution >= 4 is 46.8 Å². The number of urea groups is 1. The van der Waals surface area contributed by atoms with Crippen LogP contribution in [0.5, 0.6) is 5.75 Å². The monoisotopic (exact) mass is 442 g/mol. The molecule has 0 bridgehead atoms. The van der Waals surface area contributed by atoms with Crippen molar-refractivity contribution in [3.05, 3.63) is 82.3 Å². The molecule has 0 heterocycles. The molecule has 0 radical (unpaired) electrons. The van der Waals surface area contributed by atoms with Crippen molar-refractivity contribution in [3.63, 3.8) is 0 Å². The molecule has 0 aliphatic carbocycles. The van der Waals surface area contributed by atoms with Crippen molar-refractivity contribution in [3.8, 4) is 16.9 Å². The number of imide groups is 1. The van der Waals surface area contributed by atoms with Gasteiger partial charge >= 0.3 is 12.0 Å². The molecule has 2 N–H and O–H groups in total. The summed E-state index contributed by atoms with van der Waals surface area (Å²) in [5.41, 5.74) is 1.87. The highest BCUT2D eigenvalue weighted by molar-refractivity contribution is 6.34. The molecule has 6 nitrogen and oxygen atoms in total. The van der Waals surface area contributed by atoms with Crippen LogP contribution in [0.2, 0.25) is 10.0 Å². The molecule has 0 saturated heterocycles. The van der Waals surface area contributed by atoms with E-state index in [-0.39, 0.29) is 10.6 Å². The average molecular weight is 443 g/mol. The minimum Gasteiger partial charge on any atom is -0.426 e. The van der Waals surface area contributed by atoms with Gasteiger partial charge in [0.1, 0.15) is 5.75 Å². The summed E-state index contributed by atoms with van der Waals surface area (Å²) in [6.07, 6.45) is 0. The number of carbonyl (C=O) groups is 3. The van der Waals surface area contributed by atoms with Crippen LogP contribution in [0, 0.1) is 0 Å². The fraction of sp³-hybridized carbons (Fsp3) is 0.0455. The first kappa shape index (κ1) is 21.4. The number of halogens is 2. The number of ether oxygens (including phenoxy) is 1. The van der Waals surface area contributed by atoms with Gasteiger partial charge in [-0.05, 0) is 48.0 Å². The fourth-order valence-corrected chi connectivity index (χ4v) is 3.03. The van der Waals surface area contributed by atoms with E-state index < -0.39 is 17.9 Å². The smallest absolute Gasteiger partial charge is 0.326 e. The Bertz CT molecular complexity index is 1110. The Morgan fingerprint density at radius 1 is 0.900 bits per heavy atom.